The van der Waals surface area contributed by atoms with E-state index in [1.807, 2.05) is 0 Å². The molecule has 2 N–H and O–H groups in total. The van der Waals surface area contributed by atoms with Crippen molar-refractivity contribution < 1.29 is 23.8 Å². The van der Waals surface area contributed by atoms with Crippen LogP contribution >= 0.6 is 0 Å². The Kier molecular flexibility index (Phi) is 4.07. The highest BCUT2D eigenvalue weighted by Crippen LogP contribution is 2.08. The van der Waals surface area contributed by atoms with Crippen LogP contribution in [0, 0.1) is 6.92 Å². The van der Waals surface area contributed by atoms with E-state index in [2.05, 4.69) is 10.1 Å². The second-order valence-corrected chi connectivity index (χ2v) is 3.12. The second kappa shape index (κ2) is 5.32. The summed E-state index contributed by atoms with van der Waals surface area (Å²) in [6.07, 6.45) is 1.37. The summed E-state index contributed by atoms with van der Waals surface area (Å²) in [6.45, 7) is 1.11. The van der Waals surface area contributed by atoms with Gasteiger partial charge in [-0.3, -0.25) is 4.79 Å². The topological polar surface area (TPSA) is 88.8 Å². The average molecular weight is 227 g/mol. The van der Waals surface area contributed by atoms with Crippen LogP contribution in [-0.4, -0.2) is 36.7 Å². The van der Waals surface area contributed by atoms with Gasteiger partial charge in [0, 0.05) is 0 Å². The van der Waals surface area contributed by atoms with Gasteiger partial charge in [0.1, 0.15) is 5.76 Å². The second-order valence-electron chi connectivity index (χ2n) is 3.12. The fourth-order valence-corrected chi connectivity index (χ4v) is 1.18. The van der Waals surface area contributed by atoms with E-state index < -0.39 is 24.5 Å². The van der Waals surface area contributed by atoms with Crippen LogP contribution in [0.1, 0.15) is 16.1 Å². The maximum atomic E-state index is 11.6. The monoisotopic (exact) mass is 227 g/mol. The van der Waals surface area contributed by atoms with Crippen molar-refractivity contribution in [3.8, 4) is 0 Å². The molecule has 1 atom stereocenters. The van der Waals surface area contributed by atoms with Crippen LogP contribution in [0.25, 0.3) is 0 Å². The fourth-order valence-electron chi connectivity index (χ4n) is 1.18. The number of rotatable bonds is 4. The summed E-state index contributed by atoms with van der Waals surface area (Å²) >= 11 is 0. The molecule has 1 amide bonds. The van der Waals surface area contributed by atoms with Crippen molar-refractivity contribution >= 4 is 11.9 Å². The molecular formula is C10H13NO5. The van der Waals surface area contributed by atoms with Crippen LogP contribution in [0.5, 0.6) is 0 Å². The predicted molar refractivity (Wildman–Crippen MR) is 53.8 cm³/mol. The molecule has 1 aromatic heterocycles. The van der Waals surface area contributed by atoms with Gasteiger partial charge in [-0.05, 0) is 13.0 Å². The number of carbonyl (C=O) groups is 2. The minimum absolute atomic E-state index is 0.322. The van der Waals surface area contributed by atoms with Crippen molar-refractivity contribution in [2.75, 3.05) is 13.7 Å². The molecule has 1 rings (SSSR count). The number of furan rings is 1. The Morgan fingerprint density at radius 1 is 1.62 bits per heavy atom. The minimum atomic E-state index is -1.06. The molecular weight excluding hydrogens is 214 g/mol. The maximum absolute atomic E-state index is 11.6. The third-order valence-electron chi connectivity index (χ3n) is 2.08. The van der Waals surface area contributed by atoms with Crippen molar-refractivity contribution in [2.24, 2.45) is 0 Å². The van der Waals surface area contributed by atoms with Gasteiger partial charge in [0.15, 0.2) is 6.04 Å². The summed E-state index contributed by atoms with van der Waals surface area (Å²) in [4.78, 5) is 22.7. The zero-order valence-electron chi connectivity index (χ0n) is 9.02. The van der Waals surface area contributed by atoms with Gasteiger partial charge in [0.25, 0.3) is 5.91 Å². The Hall–Kier alpha value is -1.82. The van der Waals surface area contributed by atoms with Crippen LogP contribution in [0.2, 0.25) is 0 Å². The summed E-state index contributed by atoms with van der Waals surface area (Å²) in [6, 6.07) is 0.419. The highest BCUT2D eigenvalue weighted by atomic mass is 16.5. The quantitative estimate of drug-likeness (QED) is 0.698. The summed E-state index contributed by atoms with van der Waals surface area (Å²) < 4.78 is 9.36. The van der Waals surface area contributed by atoms with E-state index in [0.717, 1.165) is 0 Å². The molecule has 0 spiro atoms. The Morgan fingerprint density at radius 2 is 2.31 bits per heavy atom. The Morgan fingerprint density at radius 3 is 2.75 bits per heavy atom. The largest absolute Gasteiger partial charge is 0.469 e. The minimum Gasteiger partial charge on any atom is -0.469 e. The Labute approximate surface area is 92.2 Å². The molecule has 0 aliphatic heterocycles. The number of carbonyl (C=O) groups excluding carboxylic acids is 2. The summed E-state index contributed by atoms with van der Waals surface area (Å²) in [5.74, 6) is -0.744. The lowest BCUT2D eigenvalue weighted by atomic mass is 10.2. The van der Waals surface area contributed by atoms with Crippen LogP contribution in [-0.2, 0) is 9.53 Å². The zero-order valence-corrected chi connectivity index (χ0v) is 9.02. The Balaban J connectivity index is 2.70. The molecule has 0 fully saturated rings. The summed E-state index contributed by atoms with van der Waals surface area (Å²) in [5, 5.41) is 11.2. The number of aryl methyl sites for hydroxylation is 1. The number of hydrogen-bond donors (Lipinski definition) is 2. The molecule has 1 heterocycles. The first kappa shape index (κ1) is 12.3. The smallest absolute Gasteiger partial charge is 0.330 e. The van der Waals surface area contributed by atoms with Crippen molar-refractivity contribution in [1.29, 1.82) is 0 Å². The van der Waals surface area contributed by atoms with E-state index in [-0.39, 0.29) is 0 Å². The molecule has 0 bridgehead atoms. The standard InChI is InChI=1S/C10H13NO5/c1-6-7(3-4-16-6)9(13)11-8(5-12)10(14)15-2/h3-4,8,12H,5H2,1-2H3,(H,11,13). The lowest BCUT2D eigenvalue weighted by molar-refractivity contribution is -0.143. The lowest BCUT2D eigenvalue weighted by Crippen LogP contribution is -2.44. The van der Waals surface area contributed by atoms with Gasteiger partial charge in [-0.2, -0.15) is 0 Å². The molecule has 16 heavy (non-hydrogen) atoms. The van der Waals surface area contributed by atoms with Crippen molar-refractivity contribution in [2.45, 2.75) is 13.0 Å². The molecule has 0 aromatic carbocycles. The molecule has 0 radical (unpaired) electrons. The molecule has 0 aliphatic rings. The van der Waals surface area contributed by atoms with Gasteiger partial charge in [-0.15, -0.1) is 0 Å². The van der Waals surface area contributed by atoms with Gasteiger partial charge in [0.2, 0.25) is 0 Å². The normalized spacial score (nSPS) is 11.9. The van der Waals surface area contributed by atoms with E-state index in [9.17, 15) is 9.59 Å². The zero-order chi connectivity index (χ0) is 12.1. The maximum Gasteiger partial charge on any atom is 0.330 e. The lowest BCUT2D eigenvalue weighted by Gasteiger charge is -2.13. The van der Waals surface area contributed by atoms with Gasteiger partial charge in [-0.25, -0.2) is 4.79 Å². The number of nitrogens with one attached hydrogen (secondary N) is 1. The first-order chi connectivity index (χ1) is 7.60. The van der Waals surface area contributed by atoms with Crippen molar-refractivity contribution in [3.05, 3.63) is 23.7 Å². The Bertz CT molecular complexity index is 384. The van der Waals surface area contributed by atoms with Gasteiger partial charge in [-0.1, -0.05) is 0 Å². The molecule has 1 unspecified atom stereocenters. The van der Waals surface area contributed by atoms with Crippen LogP contribution < -0.4 is 5.32 Å². The molecule has 0 aliphatic carbocycles. The molecule has 88 valence electrons. The number of methoxy groups -OCH3 is 1. The first-order valence-corrected chi connectivity index (χ1v) is 4.63. The number of amides is 1. The van der Waals surface area contributed by atoms with Gasteiger partial charge < -0.3 is 19.6 Å². The molecule has 6 nitrogen and oxygen atoms in total. The van der Waals surface area contributed by atoms with Gasteiger partial charge in [0.05, 0.1) is 25.5 Å². The fraction of sp³-hybridized carbons (Fsp3) is 0.400. The van der Waals surface area contributed by atoms with E-state index >= 15 is 0 Å². The predicted octanol–water partition coefficient (Wildman–Crippen LogP) is -0.148. The average Bonchev–Trinajstić information content (AvgIpc) is 2.71. The van der Waals surface area contributed by atoms with Crippen LogP contribution in [0.4, 0.5) is 0 Å². The van der Waals surface area contributed by atoms with Crippen LogP contribution in [0.3, 0.4) is 0 Å². The molecule has 6 heteroatoms. The SMILES string of the molecule is COC(=O)C(CO)NC(=O)c1ccoc1C. The van der Waals surface area contributed by atoms with E-state index in [1.54, 1.807) is 6.92 Å². The molecule has 0 saturated carbocycles. The number of aliphatic hydroxyl groups is 1. The highest BCUT2D eigenvalue weighted by molar-refractivity contribution is 5.97. The van der Waals surface area contributed by atoms with Crippen molar-refractivity contribution in [3.63, 3.8) is 0 Å². The summed E-state index contributed by atoms with van der Waals surface area (Å²) in [5.41, 5.74) is 0.322. The summed E-state index contributed by atoms with van der Waals surface area (Å²) in [7, 11) is 1.18. The highest BCUT2D eigenvalue weighted by Gasteiger charge is 2.22. The van der Waals surface area contributed by atoms with Gasteiger partial charge >= 0.3 is 5.97 Å². The first-order valence-electron chi connectivity index (χ1n) is 4.63. The molecule has 0 saturated heterocycles. The van der Waals surface area contributed by atoms with Crippen molar-refractivity contribution in [1.82, 2.24) is 5.32 Å². The third kappa shape index (κ3) is 2.60. The van der Waals surface area contributed by atoms with E-state index in [4.69, 9.17) is 9.52 Å². The number of ether oxygens (including phenoxy) is 1. The number of aliphatic hydroxyl groups excluding tert-OH is 1. The van der Waals surface area contributed by atoms with E-state index in [0.29, 0.717) is 11.3 Å². The van der Waals surface area contributed by atoms with E-state index in [1.165, 1.54) is 19.4 Å². The van der Waals surface area contributed by atoms with Crippen LogP contribution in [0.15, 0.2) is 16.7 Å². The number of esters is 1. The number of hydrogen-bond acceptors (Lipinski definition) is 5. The third-order valence-corrected chi connectivity index (χ3v) is 2.08. The molecule has 1 aromatic rings.